The van der Waals surface area contributed by atoms with Gasteiger partial charge in [-0.25, -0.2) is 0 Å². The van der Waals surface area contributed by atoms with Crippen LogP contribution in [-0.2, 0) is 0 Å². The highest BCUT2D eigenvalue weighted by Gasteiger charge is 2.36. The molecule has 1 aliphatic rings. The molecule has 1 heterocycles. The predicted octanol–water partition coefficient (Wildman–Crippen LogP) is 3.82. The Labute approximate surface area is 96.9 Å². The van der Waals surface area contributed by atoms with E-state index in [2.05, 4.69) is 39.1 Å². The zero-order chi connectivity index (χ0) is 11.1. The molecule has 0 saturated heterocycles. The summed E-state index contributed by atoms with van der Waals surface area (Å²) in [6.07, 6.45) is 2.79. The van der Waals surface area contributed by atoms with Crippen LogP contribution in [0, 0.1) is 19.3 Å². The van der Waals surface area contributed by atoms with Crippen LogP contribution in [0.4, 0.5) is 0 Å². The fourth-order valence-corrected chi connectivity index (χ4v) is 3.00. The number of thiophene rings is 1. The second kappa shape index (κ2) is 3.91. The van der Waals surface area contributed by atoms with Gasteiger partial charge in [-0.3, -0.25) is 0 Å². The average Bonchev–Trinajstić information content (AvgIpc) is 2.80. The van der Waals surface area contributed by atoms with Crippen LogP contribution in [0.5, 0.6) is 0 Å². The lowest BCUT2D eigenvalue weighted by atomic mass is 10.1. The Hall–Kier alpha value is -0.340. The molecule has 0 radical (unpaired) electrons. The third kappa shape index (κ3) is 2.61. The lowest BCUT2D eigenvalue weighted by molar-refractivity contribution is 0.457. The van der Waals surface area contributed by atoms with Gasteiger partial charge in [-0.05, 0) is 50.7 Å². The quantitative estimate of drug-likeness (QED) is 0.818. The summed E-state index contributed by atoms with van der Waals surface area (Å²) in [7, 11) is 0. The molecule has 1 aromatic heterocycles. The van der Waals surface area contributed by atoms with E-state index in [0.29, 0.717) is 11.5 Å². The van der Waals surface area contributed by atoms with Gasteiger partial charge in [-0.2, -0.15) is 0 Å². The highest BCUT2D eigenvalue weighted by atomic mass is 32.1. The van der Waals surface area contributed by atoms with Crippen LogP contribution < -0.4 is 5.32 Å². The maximum absolute atomic E-state index is 3.66. The van der Waals surface area contributed by atoms with Crippen LogP contribution in [0.2, 0.25) is 0 Å². The van der Waals surface area contributed by atoms with Gasteiger partial charge >= 0.3 is 0 Å². The summed E-state index contributed by atoms with van der Waals surface area (Å²) in [6.45, 7) is 10.2. The van der Waals surface area contributed by atoms with E-state index < -0.39 is 0 Å². The van der Waals surface area contributed by atoms with Crippen molar-refractivity contribution in [1.29, 1.82) is 0 Å². The zero-order valence-electron chi connectivity index (χ0n) is 10.2. The fraction of sp³-hybridized carbons (Fsp3) is 0.692. The van der Waals surface area contributed by atoms with Gasteiger partial charge in [-0.1, -0.05) is 6.92 Å². The lowest BCUT2D eigenvalue weighted by Gasteiger charge is -2.17. The largest absolute Gasteiger partial charge is 0.310 e. The lowest BCUT2D eigenvalue weighted by Crippen LogP contribution is -2.25. The number of aryl methyl sites for hydroxylation is 2. The van der Waals surface area contributed by atoms with Gasteiger partial charge in [0.05, 0.1) is 0 Å². The fourth-order valence-electron chi connectivity index (χ4n) is 1.98. The van der Waals surface area contributed by atoms with Crippen LogP contribution in [-0.4, -0.2) is 6.54 Å². The second-order valence-corrected chi connectivity index (χ2v) is 6.74. The first-order valence-corrected chi connectivity index (χ1v) is 6.62. The van der Waals surface area contributed by atoms with Gasteiger partial charge in [-0.15, -0.1) is 11.3 Å². The van der Waals surface area contributed by atoms with Crippen molar-refractivity contribution in [2.24, 2.45) is 5.41 Å². The standard InChI is InChI=1S/C13H21NS/c1-9-7-12(11(3)15-9)10(2)14-8-13(4)5-6-13/h7,10,14H,5-6,8H2,1-4H3. The SMILES string of the molecule is Cc1cc(C(C)NCC2(C)CC2)c(C)s1. The molecular formula is C13H21NS. The van der Waals surface area contributed by atoms with E-state index in [4.69, 9.17) is 0 Å². The molecule has 1 saturated carbocycles. The minimum Gasteiger partial charge on any atom is -0.310 e. The molecule has 1 unspecified atom stereocenters. The van der Waals surface area contributed by atoms with E-state index in [1.807, 2.05) is 11.3 Å². The van der Waals surface area contributed by atoms with Crippen molar-refractivity contribution in [3.8, 4) is 0 Å². The minimum atomic E-state index is 0.507. The van der Waals surface area contributed by atoms with E-state index in [1.54, 1.807) is 0 Å². The van der Waals surface area contributed by atoms with Crippen molar-refractivity contribution in [3.05, 3.63) is 21.4 Å². The molecule has 2 rings (SSSR count). The van der Waals surface area contributed by atoms with Gasteiger partial charge < -0.3 is 5.32 Å². The third-order valence-corrected chi connectivity index (χ3v) is 4.47. The molecule has 0 amide bonds. The average molecular weight is 223 g/mol. The molecule has 1 atom stereocenters. The van der Waals surface area contributed by atoms with Crippen LogP contribution in [0.3, 0.4) is 0 Å². The Balaban J connectivity index is 1.95. The highest BCUT2D eigenvalue weighted by Crippen LogP contribution is 2.44. The van der Waals surface area contributed by atoms with E-state index in [1.165, 1.54) is 34.7 Å². The van der Waals surface area contributed by atoms with Gasteiger partial charge in [0.15, 0.2) is 0 Å². The third-order valence-electron chi connectivity index (χ3n) is 3.48. The first-order valence-electron chi connectivity index (χ1n) is 5.80. The Morgan fingerprint density at radius 3 is 2.60 bits per heavy atom. The molecule has 0 bridgehead atoms. The van der Waals surface area contributed by atoms with Gasteiger partial charge in [0.1, 0.15) is 0 Å². The van der Waals surface area contributed by atoms with Crippen LogP contribution in [0.15, 0.2) is 6.07 Å². The maximum Gasteiger partial charge on any atom is 0.0303 e. The summed E-state index contributed by atoms with van der Waals surface area (Å²) in [5.74, 6) is 0. The summed E-state index contributed by atoms with van der Waals surface area (Å²) in [5, 5.41) is 3.66. The number of hydrogen-bond donors (Lipinski definition) is 1. The minimum absolute atomic E-state index is 0.507. The van der Waals surface area contributed by atoms with Gasteiger partial charge in [0.2, 0.25) is 0 Å². The molecule has 0 aliphatic heterocycles. The molecule has 0 aromatic carbocycles. The van der Waals surface area contributed by atoms with Gasteiger partial charge in [0, 0.05) is 22.3 Å². The maximum atomic E-state index is 3.66. The van der Waals surface area contributed by atoms with Crippen molar-refractivity contribution in [2.45, 2.75) is 46.6 Å². The van der Waals surface area contributed by atoms with E-state index >= 15 is 0 Å². The molecule has 1 fully saturated rings. The number of nitrogens with one attached hydrogen (secondary N) is 1. The molecular weight excluding hydrogens is 202 g/mol. The highest BCUT2D eigenvalue weighted by molar-refractivity contribution is 7.12. The Bertz CT molecular complexity index is 349. The second-order valence-electron chi connectivity index (χ2n) is 5.28. The first-order chi connectivity index (χ1) is 7.00. The molecule has 84 valence electrons. The molecule has 0 spiro atoms. The summed E-state index contributed by atoms with van der Waals surface area (Å²) >= 11 is 1.91. The topological polar surface area (TPSA) is 12.0 Å². The van der Waals surface area contributed by atoms with E-state index in [0.717, 1.165) is 0 Å². The first kappa shape index (κ1) is 11.2. The summed E-state index contributed by atoms with van der Waals surface area (Å²) in [4.78, 5) is 2.89. The Morgan fingerprint density at radius 1 is 1.47 bits per heavy atom. The summed E-state index contributed by atoms with van der Waals surface area (Å²) < 4.78 is 0. The van der Waals surface area contributed by atoms with Gasteiger partial charge in [0.25, 0.3) is 0 Å². The van der Waals surface area contributed by atoms with Crippen molar-refractivity contribution in [1.82, 2.24) is 5.32 Å². The summed E-state index contributed by atoms with van der Waals surface area (Å²) in [5.41, 5.74) is 2.09. The normalized spacial score (nSPS) is 20.3. The van der Waals surface area contributed by atoms with Crippen LogP contribution in [0.1, 0.15) is 48.0 Å². The van der Waals surface area contributed by atoms with Crippen molar-refractivity contribution < 1.29 is 0 Å². The zero-order valence-corrected chi connectivity index (χ0v) is 11.0. The number of rotatable bonds is 4. The monoisotopic (exact) mass is 223 g/mol. The molecule has 1 nitrogen and oxygen atoms in total. The van der Waals surface area contributed by atoms with E-state index in [-0.39, 0.29) is 0 Å². The Kier molecular flexibility index (Phi) is 2.91. The van der Waals surface area contributed by atoms with Crippen molar-refractivity contribution >= 4 is 11.3 Å². The molecule has 1 aromatic rings. The Morgan fingerprint density at radius 2 is 2.13 bits per heavy atom. The van der Waals surface area contributed by atoms with E-state index in [9.17, 15) is 0 Å². The predicted molar refractivity (Wildman–Crippen MR) is 67.6 cm³/mol. The molecule has 2 heteroatoms. The number of hydrogen-bond acceptors (Lipinski definition) is 2. The van der Waals surface area contributed by atoms with Crippen molar-refractivity contribution in [3.63, 3.8) is 0 Å². The smallest absolute Gasteiger partial charge is 0.0303 e. The molecule has 15 heavy (non-hydrogen) atoms. The van der Waals surface area contributed by atoms with Crippen LogP contribution >= 0.6 is 11.3 Å². The summed E-state index contributed by atoms with van der Waals surface area (Å²) in [6, 6.07) is 2.83. The molecule has 1 aliphatic carbocycles. The molecule has 1 N–H and O–H groups in total. The van der Waals surface area contributed by atoms with Crippen molar-refractivity contribution in [2.75, 3.05) is 6.54 Å². The van der Waals surface area contributed by atoms with Crippen LogP contribution in [0.25, 0.3) is 0 Å².